The zero-order valence-electron chi connectivity index (χ0n) is 13.9. The molecule has 0 saturated carbocycles. The first-order chi connectivity index (χ1) is 12.9. The standard InChI is InChI=1S/C18H12N2O4S3/c1-9(17(22)23)20-16(21)14(27-18(20)25)8-10-6-7-12(24-10)15-19-11-4-2-3-5-13(11)26-15/h2-9H,1H3,(H,22,23)/b14-8-. The van der Waals surface area contributed by atoms with Crippen LogP contribution in [0.15, 0.2) is 45.7 Å². The lowest BCUT2D eigenvalue weighted by Gasteiger charge is -2.18. The second-order valence-electron chi connectivity index (χ2n) is 5.75. The maximum Gasteiger partial charge on any atom is 0.326 e. The molecule has 1 N–H and O–H groups in total. The summed E-state index contributed by atoms with van der Waals surface area (Å²) >= 11 is 7.74. The highest BCUT2D eigenvalue weighted by Gasteiger charge is 2.38. The van der Waals surface area contributed by atoms with Crippen molar-refractivity contribution < 1.29 is 19.1 Å². The number of thioether (sulfide) groups is 1. The molecule has 4 rings (SSSR count). The molecule has 1 aromatic carbocycles. The highest BCUT2D eigenvalue weighted by Crippen LogP contribution is 2.36. The van der Waals surface area contributed by atoms with E-state index >= 15 is 0 Å². The number of benzene rings is 1. The number of carbonyl (C=O) groups excluding carboxylic acids is 1. The number of carbonyl (C=O) groups is 2. The molecule has 0 aliphatic carbocycles. The van der Waals surface area contributed by atoms with Gasteiger partial charge in [0.2, 0.25) is 0 Å². The van der Waals surface area contributed by atoms with E-state index in [1.54, 1.807) is 18.2 Å². The Morgan fingerprint density at radius 2 is 2.11 bits per heavy atom. The van der Waals surface area contributed by atoms with Gasteiger partial charge in [-0.3, -0.25) is 9.69 Å². The molecule has 136 valence electrons. The summed E-state index contributed by atoms with van der Waals surface area (Å²) in [7, 11) is 0. The van der Waals surface area contributed by atoms with E-state index in [4.69, 9.17) is 21.7 Å². The van der Waals surface area contributed by atoms with Crippen LogP contribution >= 0.6 is 35.3 Å². The van der Waals surface area contributed by atoms with Gasteiger partial charge in [0.1, 0.15) is 16.1 Å². The maximum absolute atomic E-state index is 12.5. The van der Waals surface area contributed by atoms with E-state index in [1.807, 2.05) is 24.3 Å². The Morgan fingerprint density at radius 1 is 1.33 bits per heavy atom. The Kier molecular flexibility index (Phi) is 4.58. The van der Waals surface area contributed by atoms with Crippen molar-refractivity contribution in [1.82, 2.24) is 9.88 Å². The largest absolute Gasteiger partial charge is 0.480 e. The quantitative estimate of drug-likeness (QED) is 0.503. The number of amides is 1. The molecule has 27 heavy (non-hydrogen) atoms. The van der Waals surface area contributed by atoms with Gasteiger partial charge in [-0.05, 0) is 31.2 Å². The first-order valence-corrected chi connectivity index (χ1v) is 9.94. The number of thiazole rings is 1. The average Bonchev–Trinajstić information content (AvgIpc) is 3.32. The lowest BCUT2D eigenvalue weighted by molar-refractivity contribution is -0.144. The molecule has 1 amide bonds. The van der Waals surface area contributed by atoms with E-state index in [-0.39, 0.29) is 4.32 Å². The number of nitrogens with zero attached hydrogens (tertiary/aromatic N) is 2. The number of hydrogen-bond donors (Lipinski definition) is 1. The Hall–Kier alpha value is -2.49. The van der Waals surface area contributed by atoms with Crippen molar-refractivity contribution in [1.29, 1.82) is 0 Å². The van der Waals surface area contributed by atoms with Crippen molar-refractivity contribution in [3.63, 3.8) is 0 Å². The number of hydrogen-bond acceptors (Lipinski definition) is 7. The Labute approximate surface area is 167 Å². The molecule has 0 spiro atoms. The third-order valence-corrected chi connectivity index (χ3v) is 6.35. The van der Waals surface area contributed by atoms with Gasteiger partial charge in [-0.15, -0.1) is 11.3 Å². The van der Waals surface area contributed by atoms with Crippen LogP contribution in [0, 0.1) is 0 Å². The van der Waals surface area contributed by atoms with Crippen LogP contribution in [-0.4, -0.2) is 37.2 Å². The van der Waals surface area contributed by atoms with Gasteiger partial charge in [-0.2, -0.15) is 0 Å². The molecule has 3 heterocycles. The highest BCUT2D eigenvalue weighted by atomic mass is 32.2. The number of aliphatic carboxylic acids is 1. The summed E-state index contributed by atoms with van der Waals surface area (Å²) < 4.78 is 7.10. The van der Waals surface area contributed by atoms with E-state index in [2.05, 4.69) is 4.98 Å². The zero-order chi connectivity index (χ0) is 19.1. The number of aromatic nitrogens is 1. The number of carboxylic acids is 1. The predicted octanol–water partition coefficient (Wildman–Crippen LogP) is 4.23. The summed E-state index contributed by atoms with van der Waals surface area (Å²) in [5.41, 5.74) is 0.902. The van der Waals surface area contributed by atoms with Crippen molar-refractivity contribution in [2.75, 3.05) is 0 Å². The zero-order valence-corrected chi connectivity index (χ0v) is 16.4. The molecule has 1 aliphatic rings. The van der Waals surface area contributed by atoms with E-state index in [1.165, 1.54) is 18.3 Å². The van der Waals surface area contributed by atoms with Crippen molar-refractivity contribution in [3.05, 3.63) is 47.1 Å². The summed E-state index contributed by atoms with van der Waals surface area (Å²) in [6.07, 6.45) is 1.57. The molecule has 1 aliphatic heterocycles. The molecule has 1 atom stereocenters. The fourth-order valence-corrected chi connectivity index (χ4v) is 4.90. The molecule has 1 fully saturated rings. The van der Waals surface area contributed by atoms with Gasteiger partial charge in [-0.25, -0.2) is 9.78 Å². The van der Waals surface area contributed by atoms with Crippen LogP contribution in [0.3, 0.4) is 0 Å². The van der Waals surface area contributed by atoms with Crippen molar-refractivity contribution in [3.8, 4) is 10.8 Å². The van der Waals surface area contributed by atoms with Gasteiger partial charge in [0, 0.05) is 6.08 Å². The number of carboxylic acid groups (broad SMARTS) is 1. The molecular weight excluding hydrogens is 404 g/mol. The monoisotopic (exact) mass is 416 g/mol. The van der Waals surface area contributed by atoms with E-state index in [9.17, 15) is 9.59 Å². The highest BCUT2D eigenvalue weighted by molar-refractivity contribution is 8.26. The Morgan fingerprint density at radius 3 is 2.85 bits per heavy atom. The van der Waals surface area contributed by atoms with Crippen LogP contribution in [0.5, 0.6) is 0 Å². The molecule has 6 nitrogen and oxygen atoms in total. The lowest BCUT2D eigenvalue weighted by Crippen LogP contribution is -2.41. The summed E-state index contributed by atoms with van der Waals surface area (Å²) in [6.45, 7) is 1.42. The van der Waals surface area contributed by atoms with E-state index in [0.29, 0.717) is 16.4 Å². The van der Waals surface area contributed by atoms with E-state index in [0.717, 1.165) is 31.9 Å². The number of thiocarbonyl (C=S) groups is 1. The normalized spacial score (nSPS) is 17.2. The van der Waals surface area contributed by atoms with Crippen molar-refractivity contribution in [2.45, 2.75) is 13.0 Å². The molecule has 3 aromatic rings. The average molecular weight is 417 g/mol. The third-order valence-electron chi connectivity index (χ3n) is 3.97. The number of para-hydroxylation sites is 1. The molecule has 0 bridgehead atoms. The van der Waals surface area contributed by atoms with Gasteiger partial charge < -0.3 is 9.52 Å². The second kappa shape index (κ2) is 6.91. The van der Waals surface area contributed by atoms with Gasteiger partial charge in [0.25, 0.3) is 5.91 Å². The van der Waals surface area contributed by atoms with Crippen LogP contribution in [0.1, 0.15) is 12.7 Å². The minimum atomic E-state index is -1.11. The van der Waals surface area contributed by atoms with Crippen LogP contribution in [-0.2, 0) is 9.59 Å². The van der Waals surface area contributed by atoms with Gasteiger partial charge in [-0.1, -0.05) is 36.1 Å². The lowest BCUT2D eigenvalue weighted by atomic mass is 10.3. The first-order valence-electron chi connectivity index (χ1n) is 7.89. The van der Waals surface area contributed by atoms with Crippen LogP contribution in [0.2, 0.25) is 0 Å². The number of furan rings is 1. The van der Waals surface area contributed by atoms with Crippen molar-refractivity contribution in [2.24, 2.45) is 0 Å². The smallest absolute Gasteiger partial charge is 0.326 e. The summed E-state index contributed by atoms with van der Waals surface area (Å²) in [5.74, 6) is -0.453. The van der Waals surface area contributed by atoms with Crippen molar-refractivity contribution >= 4 is 67.8 Å². The number of fused-ring (bicyclic) bond motifs is 1. The maximum atomic E-state index is 12.5. The summed E-state index contributed by atoms with van der Waals surface area (Å²) in [4.78, 5) is 29.6. The van der Waals surface area contributed by atoms with E-state index < -0.39 is 17.9 Å². The fraction of sp³-hybridized carbons (Fsp3) is 0.111. The molecule has 1 saturated heterocycles. The molecule has 1 unspecified atom stereocenters. The third kappa shape index (κ3) is 3.29. The SMILES string of the molecule is CC(C(=O)O)N1C(=O)/C(=C/c2ccc(-c3nc4ccccc4s3)o2)SC1=S. The molecule has 2 aromatic heterocycles. The van der Waals surface area contributed by atoms with Crippen LogP contribution in [0.25, 0.3) is 27.1 Å². The van der Waals surface area contributed by atoms with Gasteiger partial charge >= 0.3 is 5.97 Å². The predicted molar refractivity (Wildman–Crippen MR) is 109 cm³/mol. The summed E-state index contributed by atoms with van der Waals surface area (Å²) in [5, 5.41) is 9.89. The minimum absolute atomic E-state index is 0.221. The number of rotatable bonds is 4. The topological polar surface area (TPSA) is 83.6 Å². The Balaban J connectivity index is 1.61. The molecule has 9 heteroatoms. The Bertz CT molecular complexity index is 1080. The second-order valence-corrected chi connectivity index (χ2v) is 8.46. The van der Waals surface area contributed by atoms with Crippen LogP contribution in [0.4, 0.5) is 0 Å². The minimum Gasteiger partial charge on any atom is -0.480 e. The van der Waals surface area contributed by atoms with Gasteiger partial charge in [0.05, 0.1) is 15.1 Å². The van der Waals surface area contributed by atoms with Crippen LogP contribution < -0.4 is 0 Å². The molecule has 0 radical (unpaired) electrons. The molecular formula is C18H12N2O4S3. The van der Waals surface area contributed by atoms with Gasteiger partial charge in [0.15, 0.2) is 10.8 Å². The first kappa shape index (κ1) is 17.9. The fourth-order valence-electron chi connectivity index (χ4n) is 2.58. The summed E-state index contributed by atoms with van der Waals surface area (Å²) in [6, 6.07) is 10.3.